The highest BCUT2D eigenvalue weighted by molar-refractivity contribution is 6.01. The Balaban J connectivity index is 0.687. The maximum Gasteiger partial charge on any atom is 0.270 e. The van der Waals surface area contributed by atoms with E-state index in [1.807, 2.05) is 48.5 Å². The predicted octanol–water partition coefficient (Wildman–Crippen LogP) is 3.33. The average molecular weight is 1190 g/mol. The molecular formula is C64H90N10O12. The molecule has 0 spiro atoms. The van der Waals surface area contributed by atoms with E-state index < -0.39 is 53.2 Å². The second-order valence-corrected chi connectivity index (χ2v) is 23.9. The van der Waals surface area contributed by atoms with Crippen molar-refractivity contribution in [2.45, 2.75) is 171 Å². The van der Waals surface area contributed by atoms with Gasteiger partial charge in [0.05, 0.1) is 76.0 Å². The summed E-state index contributed by atoms with van der Waals surface area (Å²) in [6.07, 6.45) is 12.0. The molecule has 22 nitrogen and oxygen atoms in total. The van der Waals surface area contributed by atoms with Gasteiger partial charge in [0.1, 0.15) is 35.2 Å². The molecule has 2 heterocycles. The summed E-state index contributed by atoms with van der Waals surface area (Å²) >= 11 is 0. The van der Waals surface area contributed by atoms with E-state index in [1.54, 1.807) is 37.7 Å². The lowest BCUT2D eigenvalue weighted by Gasteiger charge is -2.35. The monoisotopic (exact) mass is 1190 g/mol. The number of rotatable bonds is 29. The Kier molecular flexibility index (Phi) is 22.9. The molecule has 4 aliphatic carbocycles. The Hall–Kier alpha value is -6.56. The van der Waals surface area contributed by atoms with Crippen molar-refractivity contribution >= 4 is 46.8 Å². The van der Waals surface area contributed by atoms with Crippen molar-refractivity contribution in [2.75, 3.05) is 90.5 Å². The number of fused-ring (bicyclic) bond motifs is 2. The largest absolute Gasteiger partial charge is 0.378 e. The summed E-state index contributed by atoms with van der Waals surface area (Å²) in [5.41, 5.74) is 4.44. The zero-order chi connectivity index (χ0) is 60.7. The molecule has 468 valence electrons. The molecule has 9 rings (SSSR count). The van der Waals surface area contributed by atoms with Crippen LogP contribution in [0.25, 0.3) is 0 Å². The smallest absolute Gasteiger partial charge is 0.270 e. The molecular weight excluding hydrogens is 1100 g/mol. The van der Waals surface area contributed by atoms with Crippen LogP contribution in [0.3, 0.4) is 0 Å². The van der Waals surface area contributed by atoms with Crippen LogP contribution in [0.4, 0.5) is 11.4 Å². The van der Waals surface area contributed by atoms with Crippen molar-refractivity contribution in [3.63, 3.8) is 0 Å². The third kappa shape index (κ3) is 15.4. The molecule has 22 heteroatoms. The highest BCUT2D eigenvalue weighted by Gasteiger charge is 2.44. The molecule has 86 heavy (non-hydrogen) atoms. The lowest BCUT2D eigenvalue weighted by atomic mass is 9.83. The second kappa shape index (κ2) is 30.9. The SMILES string of the molecule is CN[C@@H](C)C(=O)NC(C(=O)N1CCCC1C(=O)N[C@H]1c2ccccc2C[C@H]1OCCOCCNc1c(NCCOCCO[C@@H]2Cc3ccccc3[C@@H]2NC(=O)[C@@H]2CCCN2C(=O)[C@@H](NC(=O)[C@H](C)NC)C2CCCCC2)c(=O)c1=O)=C1CCCCC1. The first-order chi connectivity index (χ1) is 41.8. The quantitative estimate of drug-likeness (QED) is 0.0281. The van der Waals surface area contributed by atoms with E-state index in [9.17, 15) is 38.4 Å². The molecule has 6 amide bonds. The fourth-order valence-corrected chi connectivity index (χ4v) is 13.3. The lowest BCUT2D eigenvalue weighted by molar-refractivity contribution is -0.143. The molecule has 3 aromatic carbocycles. The van der Waals surface area contributed by atoms with E-state index in [0.717, 1.165) is 92.0 Å². The number of likely N-dealkylation sites (N-methyl/N-ethyl adjacent to an activating group) is 2. The Morgan fingerprint density at radius 3 is 1.59 bits per heavy atom. The van der Waals surface area contributed by atoms with E-state index in [1.165, 1.54) is 0 Å². The fraction of sp³-hybridized carbons (Fsp3) is 0.625. The average Bonchev–Trinajstić information content (AvgIpc) is 3.10. The van der Waals surface area contributed by atoms with Gasteiger partial charge < -0.3 is 71.3 Å². The van der Waals surface area contributed by atoms with Crippen molar-refractivity contribution in [3.8, 4) is 0 Å². The highest BCUT2D eigenvalue weighted by Crippen LogP contribution is 2.37. The van der Waals surface area contributed by atoms with Gasteiger partial charge in [0.15, 0.2) is 0 Å². The van der Waals surface area contributed by atoms with E-state index in [0.29, 0.717) is 57.3 Å². The van der Waals surface area contributed by atoms with Crippen LogP contribution in [0.5, 0.6) is 0 Å². The van der Waals surface area contributed by atoms with Crippen LogP contribution < -0.4 is 53.4 Å². The summed E-state index contributed by atoms with van der Waals surface area (Å²) in [5.74, 6) is -1.53. The number of hydrogen-bond donors (Lipinski definition) is 8. The van der Waals surface area contributed by atoms with Gasteiger partial charge in [0, 0.05) is 39.0 Å². The molecule has 4 fully saturated rings. The van der Waals surface area contributed by atoms with E-state index >= 15 is 0 Å². The normalized spacial score (nSPS) is 23.0. The van der Waals surface area contributed by atoms with Crippen LogP contribution >= 0.6 is 0 Å². The van der Waals surface area contributed by atoms with Crippen molar-refractivity contribution in [2.24, 2.45) is 5.92 Å². The van der Waals surface area contributed by atoms with Crippen LogP contribution in [0.15, 0.2) is 69.4 Å². The van der Waals surface area contributed by atoms with Crippen LogP contribution in [0.2, 0.25) is 0 Å². The highest BCUT2D eigenvalue weighted by atomic mass is 16.5. The number of anilines is 2. The molecule has 1 unspecified atom stereocenters. The molecule has 8 N–H and O–H groups in total. The number of ether oxygens (including phenoxy) is 4. The number of carbonyl (C=O) groups excluding carboxylic acids is 6. The summed E-state index contributed by atoms with van der Waals surface area (Å²) in [6.45, 7) is 6.27. The van der Waals surface area contributed by atoms with Gasteiger partial charge in [-0.05, 0) is 126 Å². The van der Waals surface area contributed by atoms with Crippen molar-refractivity contribution in [3.05, 3.63) is 103 Å². The molecule has 6 aliphatic rings. The number of allylic oxidation sites excluding steroid dienone is 1. The van der Waals surface area contributed by atoms with Gasteiger partial charge in [-0.15, -0.1) is 0 Å². The minimum atomic E-state index is -0.703. The minimum absolute atomic E-state index is 0.0145. The number of benzene rings is 2. The Bertz CT molecular complexity index is 2950. The summed E-state index contributed by atoms with van der Waals surface area (Å²) < 4.78 is 24.5. The second-order valence-electron chi connectivity index (χ2n) is 23.9. The van der Waals surface area contributed by atoms with Gasteiger partial charge in [0.2, 0.25) is 29.5 Å². The molecule has 3 aromatic rings. The number of nitrogens with zero attached hydrogens (tertiary/aromatic N) is 2. The van der Waals surface area contributed by atoms with Crippen LogP contribution in [0, 0.1) is 5.92 Å². The molecule has 9 atom stereocenters. The topological polar surface area (TPSA) is 276 Å². The Morgan fingerprint density at radius 2 is 1.06 bits per heavy atom. The summed E-state index contributed by atoms with van der Waals surface area (Å²) in [5, 5.41) is 24.4. The number of hydrogen-bond acceptors (Lipinski definition) is 16. The first kappa shape index (κ1) is 63.9. The number of amides is 6. The Morgan fingerprint density at radius 1 is 0.570 bits per heavy atom. The zero-order valence-electron chi connectivity index (χ0n) is 50.6. The van der Waals surface area contributed by atoms with Crippen molar-refractivity contribution in [1.82, 2.24) is 41.7 Å². The zero-order valence-corrected chi connectivity index (χ0v) is 50.6. The number of carbonyl (C=O) groups is 6. The third-order valence-corrected chi connectivity index (χ3v) is 18.4. The summed E-state index contributed by atoms with van der Waals surface area (Å²) in [4.78, 5) is 112. The summed E-state index contributed by atoms with van der Waals surface area (Å²) in [6, 6.07) is 11.9. The summed E-state index contributed by atoms with van der Waals surface area (Å²) in [7, 11) is 3.41. The molecule has 0 radical (unpaired) electrons. The van der Waals surface area contributed by atoms with E-state index in [-0.39, 0.29) is 118 Å². The first-order valence-electron chi connectivity index (χ1n) is 31.5. The van der Waals surface area contributed by atoms with Gasteiger partial charge >= 0.3 is 0 Å². The van der Waals surface area contributed by atoms with Crippen molar-refractivity contribution in [1.29, 1.82) is 0 Å². The van der Waals surface area contributed by atoms with Gasteiger partial charge in [-0.3, -0.25) is 38.4 Å². The van der Waals surface area contributed by atoms with Crippen LogP contribution in [0.1, 0.15) is 138 Å². The number of nitrogens with one attached hydrogen (secondary N) is 8. The standard InChI is InChI=1S/C64H90N10O12/c1-39(65-3)59(77)69-51(41-17-7-5-8-18-41)63(81)73-29-15-25-47(73)61(79)71-53-45-23-13-11-21-43(45)37-49(53)85-35-33-83-31-27-67-55-56(58(76)57(55)75)68-28-32-84-34-36-86-50-38-44-22-12-14-24-46(44)54(50)72-62(80)48-26-16-30-74(48)64(82)52(42-19-9-6-10-20-42)70-60(78)40(2)66-4/h11-14,21-24,39-41,47-51,53-54,65-68H,5-10,15-20,25-38H2,1-4H3,(H,69,77)(H,70,78)(H,71,79)(H,72,80)/t39-,40-,47-,48?,49+,50+,51-,53-,54-/m0/s1. The van der Waals surface area contributed by atoms with E-state index in [4.69, 9.17) is 18.9 Å². The molecule has 2 saturated carbocycles. The van der Waals surface area contributed by atoms with Crippen LogP contribution in [-0.4, -0.2) is 168 Å². The van der Waals surface area contributed by atoms with Gasteiger partial charge in [0.25, 0.3) is 16.8 Å². The van der Waals surface area contributed by atoms with E-state index in [2.05, 4.69) is 42.5 Å². The molecule has 2 aliphatic heterocycles. The fourth-order valence-electron chi connectivity index (χ4n) is 13.3. The van der Waals surface area contributed by atoms with Crippen LogP contribution in [-0.2, 0) is 60.6 Å². The molecule has 2 saturated heterocycles. The van der Waals surface area contributed by atoms with Gasteiger partial charge in [-0.1, -0.05) is 74.2 Å². The predicted molar refractivity (Wildman–Crippen MR) is 325 cm³/mol. The lowest BCUT2D eigenvalue weighted by Crippen LogP contribution is -2.58. The number of likely N-dealkylation sites (tertiary alicyclic amines) is 2. The minimum Gasteiger partial charge on any atom is -0.378 e. The maximum atomic E-state index is 14.3. The first-order valence-corrected chi connectivity index (χ1v) is 31.5. The maximum absolute atomic E-state index is 14.3. The van der Waals surface area contributed by atoms with Gasteiger partial charge in [-0.25, -0.2) is 0 Å². The van der Waals surface area contributed by atoms with Gasteiger partial charge in [-0.2, -0.15) is 0 Å². The van der Waals surface area contributed by atoms with Crippen molar-refractivity contribution < 1.29 is 47.7 Å². The molecule has 0 bridgehead atoms. The third-order valence-electron chi connectivity index (χ3n) is 18.4. The molecule has 0 aromatic heterocycles. The Labute approximate surface area is 504 Å².